The van der Waals surface area contributed by atoms with E-state index in [1.807, 2.05) is 0 Å². The zero-order valence-corrected chi connectivity index (χ0v) is 8.58. The van der Waals surface area contributed by atoms with E-state index in [9.17, 15) is 4.79 Å². The van der Waals surface area contributed by atoms with E-state index >= 15 is 0 Å². The first-order chi connectivity index (χ1) is 5.99. The highest BCUT2D eigenvalue weighted by atomic mass is 16.4. The van der Waals surface area contributed by atoms with Crippen molar-refractivity contribution in [2.24, 2.45) is 11.7 Å². The lowest BCUT2D eigenvalue weighted by atomic mass is 10.0. The fourth-order valence-electron chi connectivity index (χ4n) is 1.22. The van der Waals surface area contributed by atoms with Crippen molar-refractivity contribution in [1.82, 2.24) is 5.32 Å². The van der Waals surface area contributed by atoms with Crippen molar-refractivity contribution in [3.05, 3.63) is 0 Å². The number of hydrogen-bond donors (Lipinski definition) is 3. The van der Waals surface area contributed by atoms with E-state index < -0.39 is 12.0 Å². The minimum Gasteiger partial charge on any atom is -0.480 e. The molecule has 0 aliphatic carbocycles. The smallest absolute Gasteiger partial charge is 0.321 e. The highest BCUT2D eigenvalue weighted by Crippen LogP contribution is 2.04. The van der Waals surface area contributed by atoms with Gasteiger partial charge in [-0.3, -0.25) is 4.79 Å². The van der Waals surface area contributed by atoms with Gasteiger partial charge in [0.25, 0.3) is 0 Å². The molecule has 0 aromatic heterocycles. The quantitative estimate of drug-likeness (QED) is 0.565. The number of hydrogen-bond acceptors (Lipinski definition) is 3. The summed E-state index contributed by atoms with van der Waals surface area (Å²) in [5.74, 6) is -0.447. The van der Waals surface area contributed by atoms with Crippen molar-refractivity contribution in [1.29, 1.82) is 0 Å². The summed E-state index contributed by atoms with van der Waals surface area (Å²) in [6.45, 7) is 6.62. The van der Waals surface area contributed by atoms with E-state index in [0.717, 1.165) is 6.42 Å². The largest absolute Gasteiger partial charge is 0.480 e. The third-order valence-electron chi connectivity index (χ3n) is 2.16. The van der Waals surface area contributed by atoms with Crippen molar-refractivity contribution in [3.8, 4) is 0 Å². The van der Waals surface area contributed by atoms with Crippen LogP contribution < -0.4 is 11.1 Å². The van der Waals surface area contributed by atoms with Gasteiger partial charge in [-0.2, -0.15) is 0 Å². The first-order valence-electron chi connectivity index (χ1n) is 4.70. The number of carboxylic acid groups (broad SMARTS) is 1. The molecule has 0 aliphatic rings. The summed E-state index contributed by atoms with van der Waals surface area (Å²) in [6, 6.07) is -0.446. The number of carbonyl (C=O) groups is 1. The van der Waals surface area contributed by atoms with Crippen molar-refractivity contribution < 1.29 is 9.90 Å². The minimum absolute atomic E-state index is 0.339. The summed E-state index contributed by atoms with van der Waals surface area (Å²) in [4.78, 5) is 10.4. The number of aliphatic carboxylic acids is 1. The Morgan fingerprint density at radius 1 is 1.54 bits per heavy atom. The molecule has 0 heterocycles. The Bertz CT molecular complexity index is 160. The van der Waals surface area contributed by atoms with Crippen LogP contribution in [0.5, 0.6) is 0 Å². The van der Waals surface area contributed by atoms with Gasteiger partial charge in [0, 0.05) is 12.6 Å². The van der Waals surface area contributed by atoms with E-state index in [-0.39, 0.29) is 0 Å². The first kappa shape index (κ1) is 12.4. The normalized spacial score (nSPS) is 15.8. The Morgan fingerprint density at radius 3 is 2.38 bits per heavy atom. The molecule has 13 heavy (non-hydrogen) atoms. The van der Waals surface area contributed by atoms with Crippen molar-refractivity contribution >= 4 is 5.97 Å². The lowest BCUT2D eigenvalue weighted by Gasteiger charge is -2.21. The van der Waals surface area contributed by atoms with E-state index in [0.29, 0.717) is 18.5 Å². The van der Waals surface area contributed by atoms with Crippen LogP contribution in [0.4, 0.5) is 0 Å². The second kappa shape index (κ2) is 5.94. The van der Waals surface area contributed by atoms with Crippen molar-refractivity contribution in [2.75, 3.05) is 6.54 Å². The summed E-state index contributed by atoms with van der Waals surface area (Å²) in [5.41, 5.74) is 5.36. The van der Waals surface area contributed by atoms with Gasteiger partial charge in [0.15, 0.2) is 0 Å². The highest BCUT2D eigenvalue weighted by molar-refractivity contribution is 5.73. The average molecular weight is 188 g/mol. The second-order valence-corrected chi connectivity index (χ2v) is 3.61. The molecular weight excluding hydrogens is 168 g/mol. The third-order valence-corrected chi connectivity index (χ3v) is 2.16. The molecule has 2 unspecified atom stereocenters. The SMILES string of the molecule is CCC(NCC(N)C(=O)O)C(C)C. The standard InChI is InChI=1S/C9H20N2O2/c1-4-8(6(2)3)11-5-7(10)9(12)13/h6-8,11H,4-5,10H2,1-3H3,(H,12,13). The zero-order chi connectivity index (χ0) is 10.4. The highest BCUT2D eigenvalue weighted by Gasteiger charge is 2.15. The number of rotatable bonds is 6. The van der Waals surface area contributed by atoms with Gasteiger partial charge < -0.3 is 16.2 Å². The summed E-state index contributed by atoms with van der Waals surface area (Å²) < 4.78 is 0. The Balaban J connectivity index is 3.78. The second-order valence-electron chi connectivity index (χ2n) is 3.61. The molecule has 0 amide bonds. The van der Waals surface area contributed by atoms with Gasteiger partial charge in [-0.25, -0.2) is 0 Å². The van der Waals surface area contributed by atoms with Crippen LogP contribution in [-0.4, -0.2) is 29.7 Å². The molecule has 0 aromatic carbocycles. The van der Waals surface area contributed by atoms with Crippen LogP contribution in [0.25, 0.3) is 0 Å². The summed E-state index contributed by atoms with van der Waals surface area (Å²) in [6.07, 6.45) is 0.990. The third kappa shape index (κ3) is 4.85. The molecule has 0 aliphatic heterocycles. The molecule has 0 fully saturated rings. The van der Waals surface area contributed by atoms with Gasteiger partial charge >= 0.3 is 5.97 Å². The van der Waals surface area contributed by atoms with Gasteiger partial charge in [0.1, 0.15) is 6.04 Å². The minimum atomic E-state index is -0.953. The molecule has 78 valence electrons. The summed E-state index contributed by atoms with van der Waals surface area (Å²) in [7, 11) is 0. The molecule has 0 spiro atoms. The van der Waals surface area contributed by atoms with Gasteiger partial charge in [-0.05, 0) is 12.3 Å². The van der Waals surface area contributed by atoms with E-state index in [4.69, 9.17) is 10.8 Å². The maximum atomic E-state index is 10.4. The zero-order valence-electron chi connectivity index (χ0n) is 8.58. The monoisotopic (exact) mass is 188 g/mol. The molecule has 0 saturated heterocycles. The lowest BCUT2D eigenvalue weighted by Crippen LogP contribution is -2.45. The molecule has 4 nitrogen and oxygen atoms in total. The fraction of sp³-hybridized carbons (Fsp3) is 0.889. The van der Waals surface area contributed by atoms with Gasteiger partial charge in [0.05, 0.1) is 0 Å². The molecule has 0 radical (unpaired) electrons. The topological polar surface area (TPSA) is 75.3 Å². The van der Waals surface area contributed by atoms with Gasteiger partial charge in [-0.1, -0.05) is 20.8 Å². The number of nitrogens with two attached hydrogens (primary N) is 1. The van der Waals surface area contributed by atoms with Crippen LogP contribution in [0.2, 0.25) is 0 Å². The Hall–Kier alpha value is -0.610. The fourth-order valence-corrected chi connectivity index (χ4v) is 1.22. The van der Waals surface area contributed by atoms with Crippen LogP contribution >= 0.6 is 0 Å². The maximum Gasteiger partial charge on any atom is 0.321 e. The predicted molar refractivity (Wildman–Crippen MR) is 52.5 cm³/mol. The Kier molecular flexibility index (Phi) is 5.66. The molecule has 4 N–H and O–H groups in total. The Morgan fingerprint density at radius 2 is 2.08 bits per heavy atom. The van der Waals surface area contributed by atoms with Crippen LogP contribution in [0.3, 0.4) is 0 Å². The van der Waals surface area contributed by atoms with Crippen molar-refractivity contribution in [2.45, 2.75) is 39.3 Å². The average Bonchev–Trinajstić information content (AvgIpc) is 2.04. The van der Waals surface area contributed by atoms with E-state index in [1.165, 1.54) is 0 Å². The number of nitrogens with one attached hydrogen (secondary N) is 1. The van der Waals surface area contributed by atoms with Crippen LogP contribution in [0, 0.1) is 5.92 Å². The molecule has 0 bridgehead atoms. The van der Waals surface area contributed by atoms with E-state index in [1.54, 1.807) is 0 Å². The summed E-state index contributed by atoms with van der Waals surface area (Å²) in [5, 5.41) is 11.7. The van der Waals surface area contributed by atoms with Crippen LogP contribution in [0.15, 0.2) is 0 Å². The van der Waals surface area contributed by atoms with Gasteiger partial charge in [-0.15, -0.1) is 0 Å². The lowest BCUT2D eigenvalue weighted by molar-refractivity contribution is -0.138. The Labute approximate surface area is 79.5 Å². The molecule has 4 heteroatoms. The van der Waals surface area contributed by atoms with Gasteiger partial charge in [0.2, 0.25) is 0 Å². The van der Waals surface area contributed by atoms with E-state index in [2.05, 4.69) is 26.1 Å². The number of carboxylic acids is 1. The first-order valence-corrected chi connectivity index (χ1v) is 4.70. The molecule has 0 rings (SSSR count). The molecule has 0 aromatic rings. The van der Waals surface area contributed by atoms with Crippen molar-refractivity contribution in [3.63, 3.8) is 0 Å². The maximum absolute atomic E-state index is 10.4. The van der Waals surface area contributed by atoms with Crippen LogP contribution in [-0.2, 0) is 4.79 Å². The molecule has 2 atom stereocenters. The van der Waals surface area contributed by atoms with Crippen LogP contribution in [0.1, 0.15) is 27.2 Å². The predicted octanol–water partition coefficient (Wildman–Crippen LogP) is 0.423. The summed E-state index contributed by atoms with van der Waals surface area (Å²) >= 11 is 0. The molecule has 0 saturated carbocycles. The molecular formula is C9H20N2O2.